The number of benzene rings is 1. The van der Waals surface area contributed by atoms with Crippen LogP contribution in [0.15, 0.2) is 33.0 Å². The quantitative estimate of drug-likeness (QED) is 0.437. The van der Waals surface area contributed by atoms with Gasteiger partial charge >= 0.3 is 5.63 Å². The number of amides is 1. The number of nitrogens with one attached hydrogen (secondary N) is 1. The van der Waals surface area contributed by atoms with Gasteiger partial charge in [0.15, 0.2) is 0 Å². The maximum absolute atomic E-state index is 12.5. The minimum absolute atomic E-state index is 0.0221. The predicted octanol–water partition coefficient (Wildman–Crippen LogP) is 3.06. The van der Waals surface area contributed by atoms with Crippen LogP contribution in [0, 0.1) is 13.8 Å². The third kappa shape index (κ3) is 5.20. The van der Waals surface area contributed by atoms with Crippen LogP contribution in [0.4, 0.5) is 0 Å². The van der Waals surface area contributed by atoms with Gasteiger partial charge in [0.2, 0.25) is 5.91 Å². The number of hydrogen-bond acceptors (Lipinski definition) is 5. The third-order valence-electron chi connectivity index (χ3n) is 4.35. The van der Waals surface area contributed by atoms with Crippen molar-refractivity contribution in [1.29, 1.82) is 0 Å². The molecule has 146 valence electrons. The molecule has 0 aliphatic carbocycles. The SMILES string of the molecule is COCCNC(=O)Cc1c(C)c2ccc(OCC=C(C)C)c(C)c2oc1=O. The van der Waals surface area contributed by atoms with Crippen molar-refractivity contribution in [3.05, 3.63) is 50.9 Å². The van der Waals surface area contributed by atoms with Gasteiger partial charge in [-0.25, -0.2) is 4.79 Å². The molecule has 0 aliphatic heterocycles. The number of ether oxygens (including phenoxy) is 2. The monoisotopic (exact) mass is 373 g/mol. The van der Waals surface area contributed by atoms with E-state index in [-0.39, 0.29) is 12.3 Å². The average Bonchev–Trinajstić information content (AvgIpc) is 2.61. The number of fused-ring (bicyclic) bond motifs is 1. The van der Waals surface area contributed by atoms with Crippen LogP contribution in [0.1, 0.15) is 30.5 Å². The zero-order valence-electron chi connectivity index (χ0n) is 16.6. The van der Waals surface area contributed by atoms with Gasteiger partial charge in [0.25, 0.3) is 0 Å². The molecule has 0 radical (unpaired) electrons. The normalized spacial score (nSPS) is 10.7. The first-order valence-corrected chi connectivity index (χ1v) is 8.92. The van der Waals surface area contributed by atoms with Crippen LogP contribution >= 0.6 is 0 Å². The summed E-state index contributed by atoms with van der Waals surface area (Å²) in [4.78, 5) is 24.5. The minimum atomic E-state index is -0.494. The molecule has 0 spiro atoms. The Balaban J connectivity index is 2.32. The maximum atomic E-state index is 12.5. The highest BCUT2D eigenvalue weighted by Gasteiger charge is 2.17. The molecular weight excluding hydrogens is 346 g/mol. The molecule has 0 bridgehead atoms. The van der Waals surface area contributed by atoms with E-state index in [0.29, 0.717) is 36.7 Å². The van der Waals surface area contributed by atoms with E-state index in [2.05, 4.69) is 5.32 Å². The lowest BCUT2D eigenvalue weighted by molar-refractivity contribution is -0.120. The van der Waals surface area contributed by atoms with Crippen molar-refractivity contribution in [1.82, 2.24) is 5.32 Å². The number of carbonyl (C=O) groups is 1. The zero-order chi connectivity index (χ0) is 20.0. The van der Waals surface area contributed by atoms with Crippen LogP contribution in [0.5, 0.6) is 5.75 Å². The second-order valence-corrected chi connectivity index (χ2v) is 6.67. The van der Waals surface area contributed by atoms with E-state index in [1.165, 1.54) is 5.57 Å². The summed E-state index contributed by atoms with van der Waals surface area (Å²) in [6.07, 6.45) is 1.96. The molecule has 1 heterocycles. The Kier molecular flexibility index (Phi) is 7.19. The number of carbonyl (C=O) groups excluding carboxylic acids is 1. The lowest BCUT2D eigenvalue weighted by Crippen LogP contribution is -2.30. The first kappa shape index (κ1) is 20.7. The van der Waals surface area contributed by atoms with Crippen LogP contribution in [0.3, 0.4) is 0 Å². The molecule has 0 aliphatic rings. The van der Waals surface area contributed by atoms with E-state index >= 15 is 0 Å². The molecule has 0 saturated heterocycles. The second kappa shape index (κ2) is 9.37. The Labute approximate surface area is 159 Å². The summed E-state index contributed by atoms with van der Waals surface area (Å²) < 4.78 is 16.2. The van der Waals surface area contributed by atoms with Crippen molar-refractivity contribution >= 4 is 16.9 Å². The van der Waals surface area contributed by atoms with Gasteiger partial charge in [-0.1, -0.05) is 5.57 Å². The smallest absolute Gasteiger partial charge is 0.340 e. The van der Waals surface area contributed by atoms with Gasteiger partial charge in [-0.3, -0.25) is 4.79 Å². The van der Waals surface area contributed by atoms with Crippen LogP contribution in [0.2, 0.25) is 0 Å². The highest BCUT2D eigenvalue weighted by molar-refractivity contribution is 5.87. The molecule has 2 rings (SSSR count). The Morgan fingerprint density at radius 1 is 1.22 bits per heavy atom. The van der Waals surface area contributed by atoms with E-state index in [1.54, 1.807) is 7.11 Å². The minimum Gasteiger partial charge on any atom is -0.489 e. The molecule has 6 heteroatoms. The molecule has 2 aromatic rings. The predicted molar refractivity (Wildman–Crippen MR) is 105 cm³/mol. The standard InChI is InChI=1S/C21H27NO5/c1-13(2)8-10-26-18-7-6-16-14(3)17(12-19(23)22-9-11-25-5)21(24)27-20(16)15(18)4/h6-8H,9-12H2,1-5H3,(H,22,23). The van der Waals surface area contributed by atoms with E-state index in [1.807, 2.05) is 45.9 Å². The van der Waals surface area contributed by atoms with E-state index < -0.39 is 5.63 Å². The molecule has 27 heavy (non-hydrogen) atoms. The van der Waals surface area contributed by atoms with E-state index in [4.69, 9.17) is 13.9 Å². The van der Waals surface area contributed by atoms with Gasteiger partial charge in [-0.2, -0.15) is 0 Å². The second-order valence-electron chi connectivity index (χ2n) is 6.67. The summed E-state index contributed by atoms with van der Waals surface area (Å²) >= 11 is 0. The number of rotatable bonds is 8. The average molecular weight is 373 g/mol. The van der Waals surface area contributed by atoms with Crippen molar-refractivity contribution in [2.75, 3.05) is 26.9 Å². The maximum Gasteiger partial charge on any atom is 0.340 e. The van der Waals surface area contributed by atoms with Gasteiger partial charge in [0, 0.05) is 24.6 Å². The molecular formula is C21H27NO5. The summed E-state index contributed by atoms with van der Waals surface area (Å²) in [5, 5.41) is 3.52. The number of hydrogen-bond donors (Lipinski definition) is 1. The highest BCUT2D eigenvalue weighted by Crippen LogP contribution is 2.29. The Bertz CT molecular complexity index is 907. The molecule has 6 nitrogen and oxygen atoms in total. The molecule has 0 atom stereocenters. The Morgan fingerprint density at radius 3 is 2.63 bits per heavy atom. The first-order valence-electron chi connectivity index (χ1n) is 8.92. The van der Waals surface area contributed by atoms with Crippen LogP contribution in [0.25, 0.3) is 11.0 Å². The summed E-state index contributed by atoms with van der Waals surface area (Å²) in [5.74, 6) is 0.438. The van der Waals surface area contributed by atoms with Gasteiger partial charge < -0.3 is 19.2 Å². The fraction of sp³-hybridized carbons (Fsp3) is 0.429. The number of methoxy groups -OCH3 is 1. The molecule has 1 N–H and O–H groups in total. The van der Waals surface area contributed by atoms with Gasteiger partial charge in [0.1, 0.15) is 17.9 Å². The zero-order valence-corrected chi connectivity index (χ0v) is 16.6. The Hall–Kier alpha value is -2.60. The van der Waals surface area contributed by atoms with E-state index in [0.717, 1.165) is 16.5 Å². The molecule has 0 fully saturated rings. The fourth-order valence-electron chi connectivity index (χ4n) is 2.75. The molecule has 1 aromatic carbocycles. The first-order chi connectivity index (χ1) is 12.8. The molecule has 1 aromatic heterocycles. The van der Waals surface area contributed by atoms with Crippen LogP contribution in [-0.4, -0.2) is 32.8 Å². The number of aryl methyl sites for hydroxylation is 2. The van der Waals surface area contributed by atoms with Crippen LogP contribution in [-0.2, 0) is 16.0 Å². The summed E-state index contributed by atoms with van der Waals surface area (Å²) in [6, 6.07) is 3.73. The highest BCUT2D eigenvalue weighted by atomic mass is 16.5. The van der Waals surface area contributed by atoms with Gasteiger partial charge in [-0.15, -0.1) is 0 Å². The summed E-state index contributed by atoms with van der Waals surface area (Å²) in [7, 11) is 1.56. The van der Waals surface area contributed by atoms with E-state index in [9.17, 15) is 9.59 Å². The largest absolute Gasteiger partial charge is 0.489 e. The van der Waals surface area contributed by atoms with Crippen molar-refractivity contribution in [3.8, 4) is 5.75 Å². The van der Waals surface area contributed by atoms with Crippen LogP contribution < -0.4 is 15.7 Å². The van der Waals surface area contributed by atoms with Gasteiger partial charge in [0.05, 0.1) is 18.6 Å². The van der Waals surface area contributed by atoms with Crippen molar-refractivity contribution in [2.24, 2.45) is 0 Å². The lowest BCUT2D eigenvalue weighted by Gasteiger charge is -2.13. The molecule has 0 unspecified atom stereocenters. The van der Waals surface area contributed by atoms with Crippen molar-refractivity contribution < 1.29 is 18.7 Å². The summed E-state index contributed by atoms with van der Waals surface area (Å²) in [5.41, 5.74) is 3.06. The third-order valence-corrected chi connectivity index (χ3v) is 4.35. The van der Waals surface area contributed by atoms with Crippen molar-refractivity contribution in [2.45, 2.75) is 34.1 Å². The summed E-state index contributed by atoms with van der Waals surface area (Å²) in [6.45, 7) is 8.99. The molecule has 0 saturated carbocycles. The number of allylic oxidation sites excluding steroid dienone is 1. The molecule has 1 amide bonds. The Morgan fingerprint density at radius 2 is 1.96 bits per heavy atom. The fourth-order valence-corrected chi connectivity index (χ4v) is 2.75. The van der Waals surface area contributed by atoms with Crippen molar-refractivity contribution in [3.63, 3.8) is 0 Å². The lowest BCUT2D eigenvalue weighted by atomic mass is 10.0. The topological polar surface area (TPSA) is 77.8 Å². The van der Waals surface area contributed by atoms with Gasteiger partial charge in [-0.05, 0) is 51.5 Å².